The predicted octanol–water partition coefficient (Wildman–Crippen LogP) is 4.31. The summed E-state index contributed by atoms with van der Waals surface area (Å²) in [5.74, 6) is 2.47. The summed E-state index contributed by atoms with van der Waals surface area (Å²) in [5, 5.41) is 9.76. The number of aromatic hydroxyl groups is 1. The second kappa shape index (κ2) is 10.9. The fourth-order valence-corrected chi connectivity index (χ4v) is 4.96. The molecule has 7 nitrogen and oxygen atoms in total. The number of benzene rings is 1. The highest BCUT2D eigenvalue weighted by Gasteiger charge is 2.25. The number of aromatic nitrogens is 2. The van der Waals surface area contributed by atoms with E-state index in [1.165, 1.54) is 0 Å². The van der Waals surface area contributed by atoms with Gasteiger partial charge in [-0.15, -0.1) is 0 Å². The number of anilines is 2. The molecule has 1 aromatic carbocycles. The van der Waals surface area contributed by atoms with Gasteiger partial charge in [-0.3, -0.25) is 9.69 Å². The Morgan fingerprint density at radius 1 is 0.971 bits per heavy atom. The van der Waals surface area contributed by atoms with Gasteiger partial charge in [-0.25, -0.2) is 9.97 Å². The first kappa shape index (κ1) is 25.4. The van der Waals surface area contributed by atoms with Crippen molar-refractivity contribution >= 4 is 17.4 Å². The Morgan fingerprint density at radius 3 is 2.43 bits per heavy atom. The number of aryl methyl sites for hydroxylation is 2. The summed E-state index contributed by atoms with van der Waals surface area (Å²) in [5.41, 5.74) is 3.13. The number of hydrogen-bond acceptors (Lipinski definition) is 6. The SMILES string of the molecule is CCCc1cc(N2CCN(CCCCN3C(=O)CCc4cc(O)ccc43)CC2)nc(C(C)(C)C)n1. The first-order chi connectivity index (χ1) is 16.7. The largest absolute Gasteiger partial charge is 0.508 e. The molecule has 1 fully saturated rings. The zero-order valence-electron chi connectivity index (χ0n) is 21.9. The Kier molecular flexibility index (Phi) is 7.95. The lowest BCUT2D eigenvalue weighted by molar-refractivity contribution is -0.118. The molecule has 4 rings (SSSR count). The van der Waals surface area contributed by atoms with Gasteiger partial charge in [0.1, 0.15) is 17.4 Å². The van der Waals surface area contributed by atoms with E-state index in [4.69, 9.17) is 9.97 Å². The number of amides is 1. The Balaban J connectivity index is 1.27. The highest BCUT2D eigenvalue weighted by molar-refractivity contribution is 5.96. The van der Waals surface area contributed by atoms with Gasteiger partial charge in [-0.05, 0) is 56.0 Å². The number of hydrogen-bond donors (Lipinski definition) is 1. The van der Waals surface area contributed by atoms with Crippen LogP contribution >= 0.6 is 0 Å². The monoisotopic (exact) mass is 479 g/mol. The summed E-state index contributed by atoms with van der Waals surface area (Å²) in [4.78, 5) is 29.1. The second-order valence-corrected chi connectivity index (χ2v) is 10.9. The van der Waals surface area contributed by atoms with E-state index in [-0.39, 0.29) is 17.1 Å². The number of phenolic OH excluding ortho intramolecular Hbond substituents is 1. The van der Waals surface area contributed by atoms with Gasteiger partial charge >= 0.3 is 0 Å². The summed E-state index contributed by atoms with van der Waals surface area (Å²) in [6.45, 7) is 14.6. The molecule has 35 heavy (non-hydrogen) atoms. The van der Waals surface area contributed by atoms with E-state index in [0.29, 0.717) is 12.8 Å². The van der Waals surface area contributed by atoms with E-state index in [0.717, 1.165) is 93.5 Å². The molecule has 0 saturated carbocycles. The van der Waals surface area contributed by atoms with Gasteiger partial charge in [0.15, 0.2) is 0 Å². The van der Waals surface area contributed by atoms with Gasteiger partial charge in [-0.2, -0.15) is 0 Å². The Hall–Kier alpha value is -2.67. The fraction of sp³-hybridized carbons (Fsp3) is 0.607. The molecular formula is C28H41N5O2. The lowest BCUT2D eigenvalue weighted by Gasteiger charge is -2.36. The average molecular weight is 480 g/mol. The van der Waals surface area contributed by atoms with Crippen LogP contribution in [0.3, 0.4) is 0 Å². The maximum atomic E-state index is 12.5. The van der Waals surface area contributed by atoms with Gasteiger partial charge in [0.2, 0.25) is 5.91 Å². The summed E-state index contributed by atoms with van der Waals surface area (Å²) < 4.78 is 0. The highest BCUT2D eigenvalue weighted by Crippen LogP contribution is 2.31. The van der Waals surface area contributed by atoms with Crippen LogP contribution in [0.1, 0.15) is 70.5 Å². The number of unbranched alkanes of at least 4 members (excludes halogenated alkanes) is 1. The minimum absolute atomic E-state index is 0.0586. The van der Waals surface area contributed by atoms with Gasteiger partial charge in [0, 0.05) is 62.0 Å². The van der Waals surface area contributed by atoms with Crippen molar-refractivity contribution in [3.63, 3.8) is 0 Å². The van der Waals surface area contributed by atoms with Crippen molar-refractivity contribution in [2.75, 3.05) is 49.1 Å². The predicted molar refractivity (Wildman–Crippen MR) is 141 cm³/mol. The number of rotatable bonds is 8. The normalized spacial score (nSPS) is 17.1. The quantitative estimate of drug-likeness (QED) is 0.569. The smallest absolute Gasteiger partial charge is 0.227 e. The fourth-order valence-electron chi connectivity index (χ4n) is 4.96. The topological polar surface area (TPSA) is 72.8 Å². The average Bonchev–Trinajstić information content (AvgIpc) is 2.83. The first-order valence-corrected chi connectivity index (χ1v) is 13.2. The molecule has 190 valence electrons. The molecule has 0 aliphatic carbocycles. The number of nitrogens with zero attached hydrogens (tertiary/aromatic N) is 5. The zero-order chi connectivity index (χ0) is 25.0. The van der Waals surface area contributed by atoms with Gasteiger partial charge < -0.3 is 14.9 Å². The molecule has 0 unspecified atom stereocenters. The lowest BCUT2D eigenvalue weighted by atomic mass is 9.95. The molecule has 7 heteroatoms. The first-order valence-electron chi connectivity index (χ1n) is 13.2. The van der Waals surface area contributed by atoms with E-state index >= 15 is 0 Å². The van der Waals surface area contributed by atoms with Crippen molar-refractivity contribution < 1.29 is 9.90 Å². The number of fused-ring (bicyclic) bond motifs is 1. The van der Waals surface area contributed by atoms with Crippen LogP contribution in [-0.4, -0.2) is 65.2 Å². The third kappa shape index (κ3) is 6.31. The van der Waals surface area contributed by atoms with Crippen molar-refractivity contribution in [1.82, 2.24) is 14.9 Å². The molecule has 1 saturated heterocycles. The molecule has 0 spiro atoms. The number of phenols is 1. The number of piperazine rings is 1. The maximum Gasteiger partial charge on any atom is 0.227 e. The maximum absolute atomic E-state index is 12.5. The molecule has 1 aromatic heterocycles. The molecule has 0 bridgehead atoms. The minimum atomic E-state index is -0.0586. The molecule has 1 amide bonds. The van der Waals surface area contributed by atoms with Gasteiger partial charge in [0.05, 0.1) is 0 Å². The van der Waals surface area contributed by atoms with Crippen LogP contribution in [0.4, 0.5) is 11.5 Å². The van der Waals surface area contributed by atoms with E-state index in [9.17, 15) is 9.90 Å². The molecule has 3 heterocycles. The standard InChI is InChI=1S/C28H41N5O2/c1-5-8-22-20-25(30-27(29-22)28(2,3)4)32-17-15-31(16-18-32)13-6-7-14-33-24-11-10-23(34)19-21(24)9-12-26(33)35/h10-11,19-20,34H,5-9,12-18H2,1-4H3. The van der Waals surface area contributed by atoms with Crippen LogP contribution in [0.2, 0.25) is 0 Å². The molecular weight excluding hydrogens is 438 g/mol. The van der Waals surface area contributed by atoms with Crippen molar-refractivity contribution in [3.05, 3.63) is 41.3 Å². The summed E-state index contributed by atoms with van der Waals surface area (Å²) in [6.07, 6.45) is 5.37. The molecule has 2 aliphatic rings. The number of carbonyl (C=O) groups excluding carboxylic acids is 1. The third-order valence-electron chi connectivity index (χ3n) is 7.01. The van der Waals surface area contributed by atoms with Crippen molar-refractivity contribution in [2.45, 2.75) is 71.6 Å². The van der Waals surface area contributed by atoms with Gasteiger partial charge in [0.25, 0.3) is 0 Å². The van der Waals surface area contributed by atoms with E-state index < -0.39 is 0 Å². The Labute approximate surface area is 210 Å². The van der Waals surface area contributed by atoms with Crippen LogP contribution in [0.5, 0.6) is 5.75 Å². The van der Waals surface area contributed by atoms with Crippen molar-refractivity contribution in [3.8, 4) is 5.75 Å². The minimum Gasteiger partial charge on any atom is -0.508 e. The molecule has 2 aliphatic heterocycles. The zero-order valence-corrected chi connectivity index (χ0v) is 21.9. The summed E-state index contributed by atoms with van der Waals surface area (Å²) >= 11 is 0. The van der Waals surface area contributed by atoms with Crippen LogP contribution in [0, 0.1) is 0 Å². The summed E-state index contributed by atoms with van der Waals surface area (Å²) in [7, 11) is 0. The highest BCUT2D eigenvalue weighted by atomic mass is 16.3. The molecule has 2 aromatic rings. The Bertz CT molecular complexity index is 1020. The molecule has 1 N–H and O–H groups in total. The number of carbonyl (C=O) groups is 1. The molecule has 0 atom stereocenters. The lowest BCUT2D eigenvalue weighted by Crippen LogP contribution is -2.47. The Morgan fingerprint density at radius 2 is 1.71 bits per heavy atom. The van der Waals surface area contributed by atoms with Crippen LogP contribution in [0.15, 0.2) is 24.3 Å². The second-order valence-electron chi connectivity index (χ2n) is 10.9. The van der Waals surface area contributed by atoms with Gasteiger partial charge in [-0.1, -0.05) is 34.1 Å². The van der Waals surface area contributed by atoms with Crippen molar-refractivity contribution in [2.24, 2.45) is 0 Å². The summed E-state index contributed by atoms with van der Waals surface area (Å²) in [6, 6.07) is 7.53. The van der Waals surface area contributed by atoms with E-state index in [1.807, 2.05) is 11.0 Å². The van der Waals surface area contributed by atoms with Crippen LogP contribution < -0.4 is 9.80 Å². The third-order valence-corrected chi connectivity index (χ3v) is 7.01. The van der Waals surface area contributed by atoms with Crippen molar-refractivity contribution in [1.29, 1.82) is 0 Å². The van der Waals surface area contributed by atoms with E-state index in [1.54, 1.807) is 12.1 Å². The van der Waals surface area contributed by atoms with E-state index in [2.05, 4.69) is 43.6 Å². The van der Waals surface area contributed by atoms with Crippen LogP contribution in [-0.2, 0) is 23.1 Å². The molecule has 0 radical (unpaired) electrons. The van der Waals surface area contributed by atoms with Crippen LogP contribution in [0.25, 0.3) is 0 Å².